The van der Waals surface area contributed by atoms with Crippen molar-refractivity contribution in [1.82, 2.24) is 0 Å². The maximum atomic E-state index is 12.5. The van der Waals surface area contributed by atoms with Gasteiger partial charge in [0.1, 0.15) is 0 Å². The molecule has 4 rings (SSSR count). The number of benzene rings is 2. The van der Waals surface area contributed by atoms with Gasteiger partial charge in [0.2, 0.25) is 0 Å². The summed E-state index contributed by atoms with van der Waals surface area (Å²) in [6.45, 7) is 11.8. The lowest BCUT2D eigenvalue weighted by molar-refractivity contribution is 0.101. The van der Waals surface area contributed by atoms with Gasteiger partial charge in [0, 0.05) is 41.5 Å². The van der Waals surface area contributed by atoms with Crippen molar-refractivity contribution in [3.8, 4) is 0 Å². The summed E-state index contributed by atoms with van der Waals surface area (Å²) in [6, 6.07) is 13.0. The highest BCUT2D eigenvalue weighted by Gasteiger charge is 2.38. The van der Waals surface area contributed by atoms with E-state index in [-0.39, 0.29) is 5.78 Å². The van der Waals surface area contributed by atoms with Crippen LogP contribution in [0.1, 0.15) is 124 Å². The van der Waals surface area contributed by atoms with Crippen LogP contribution >= 0.6 is 11.6 Å². The van der Waals surface area contributed by atoms with Crippen LogP contribution < -0.4 is 4.90 Å². The number of halogens is 1. The van der Waals surface area contributed by atoms with E-state index >= 15 is 0 Å². The van der Waals surface area contributed by atoms with Gasteiger partial charge >= 0.3 is 0 Å². The lowest BCUT2D eigenvalue weighted by atomic mass is 9.65. The van der Waals surface area contributed by atoms with Gasteiger partial charge in [-0.3, -0.25) is 9.79 Å². The molecule has 0 aromatic heterocycles. The molecular weight excluding hydrogens is 584 g/mol. The van der Waals surface area contributed by atoms with Gasteiger partial charge in [0.25, 0.3) is 0 Å². The summed E-state index contributed by atoms with van der Waals surface area (Å²) in [6.07, 6.45) is 28.6. The Morgan fingerprint density at radius 1 is 1.02 bits per heavy atom. The summed E-state index contributed by atoms with van der Waals surface area (Å²) in [5, 5.41) is 0.832. The van der Waals surface area contributed by atoms with Crippen LogP contribution in [0, 0.1) is 17.8 Å². The number of Topliss-reactive ketones (excluding diaryl/α,β-unsaturated/α-hetero) is 1. The first-order valence-corrected chi connectivity index (χ1v) is 18.4. The molecule has 1 fully saturated rings. The smallest absolute Gasteiger partial charge is 0.159 e. The standard InChI is InChI=1S/C42H57ClN2O/c1-5-7-8-10-13-17-33(18-14-11-9-12-15-27-44-4)40-25-23-38(40)31-45-30-37(41-26-24-39(43)28-36(41)16-6-2)22-20-34-19-21-35(32(3)46)29-42(34)45/h9,12-13,15,17,19,21,24,26-29,33,37-38,40H,4-8,10-11,14,16,18,20,22-23,25,30-31H2,1-3H3/b12-9-,17-13+,27-15-. The Hall–Kier alpha value is -2.91. The molecule has 1 aliphatic carbocycles. The molecule has 0 radical (unpaired) electrons. The first kappa shape index (κ1) is 35.9. The van der Waals surface area contributed by atoms with Crippen LogP contribution in [0.3, 0.4) is 0 Å². The fourth-order valence-corrected chi connectivity index (χ4v) is 7.82. The summed E-state index contributed by atoms with van der Waals surface area (Å²) in [4.78, 5) is 19.0. The van der Waals surface area contributed by atoms with E-state index in [1.165, 1.54) is 73.7 Å². The maximum absolute atomic E-state index is 12.5. The third-order valence-electron chi connectivity index (χ3n) is 10.3. The number of hydrogen-bond acceptors (Lipinski definition) is 3. The summed E-state index contributed by atoms with van der Waals surface area (Å²) >= 11 is 6.49. The molecule has 248 valence electrons. The highest BCUT2D eigenvalue weighted by Crippen LogP contribution is 2.45. The maximum Gasteiger partial charge on any atom is 0.159 e. The van der Waals surface area contributed by atoms with Crippen LogP contribution in [-0.2, 0) is 12.8 Å². The van der Waals surface area contributed by atoms with Gasteiger partial charge in [-0.25, -0.2) is 0 Å². The minimum atomic E-state index is 0.145. The van der Waals surface area contributed by atoms with Crippen molar-refractivity contribution in [3.63, 3.8) is 0 Å². The lowest BCUT2D eigenvalue weighted by Gasteiger charge is -2.44. The van der Waals surface area contributed by atoms with Gasteiger partial charge in [-0.05, 0) is 137 Å². The van der Waals surface area contributed by atoms with Crippen molar-refractivity contribution in [2.24, 2.45) is 22.7 Å². The number of aryl methyl sites for hydroxylation is 2. The zero-order chi connectivity index (χ0) is 32.7. The summed E-state index contributed by atoms with van der Waals surface area (Å²) in [5.41, 5.74) is 6.35. The number of hydrogen-bond donors (Lipinski definition) is 0. The number of carbonyl (C=O) groups is 1. The minimum absolute atomic E-state index is 0.145. The largest absolute Gasteiger partial charge is 0.370 e. The third-order valence-corrected chi connectivity index (χ3v) is 10.5. The summed E-state index contributed by atoms with van der Waals surface area (Å²) in [7, 11) is 0. The molecule has 0 amide bonds. The Balaban J connectivity index is 1.56. The van der Waals surface area contributed by atoms with Gasteiger partial charge in [-0.15, -0.1) is 0 Å². The van der Waals surface area contributed by atoms with Crippen molar-refractivity contribution >= 4 is 29.8 Å². The molecule has 2 aromatic rings. The first-order valence-electron chi connectivity index (χ1n) is 18.1. The number of nitrogens with zero attached hydrogens (tertiary/aromatic N) is 2. The molecule has 4 heteroatoms. The zero-order valence-corrected chi connectivity index (χ0v) is 29.5. The number of aliphatic imine (C=N–C) groups is 1. The summed E-state index contributed by atoms with van der Waals surface area (Å²) < 4.78 is 0. The second-order valence-electron chi connectivity index (χ2n) is 13.6. The molecule has 46 heavy (non-hydrogen) atoms. The van der Waals surface area contributed by atoms with E-state index in [0.29, 0.717) is 23.7 Å². The van der Waals surface area contributed by atoms with E-state index in [9.17, 15) is 4.79 Å². The Kier molecular flexibility index (Phi) is 14.9. The molecule has 1 heterocycles. The van der Waals surface area contributed by atoms with E-state index in [4.69, 9.17) is 11.6 Å². The number of fused-ring (bicyclic) bond motifs is 1. The molecule has 3 nitrogen and oxygen atoms in total. The predicted molar refractivity (Wildman–Crippen MR) is 200 cm³/mol. The van der Waals surface area contributed by atoms with Crippen molar-refractivity contribution in [2.45, 2.75) is 110 Å². The van der Waals surface area contributed by atoms with Gasteiger partial charge in [-0.1, -0.05) is 87.2 Å². The second kappa shape index (κ2) is 19.0. The van der Waals surface area contributed by atoms with Gasteiger partial charge in [0.15, 0.2) is 5.78 Å². The number of anilines is 1. The first-order chi connectivity index (χ1) is 22.4. The molecule has 0 N–H and O–H groups in total. The number of allylic oxidation sites excluding steroid dienone is 5. The fourth-order valence-electron chi connectivity index (χ4n) is 7.62. The summed E-state index contributed by atoms with van der Waals surface area (Å²) in [5.74, 6) is 2.58. The third kappa shape index (κ3) is 10.3. The topological polar surface area (TPSA) is 32.7 Å². The Bertz CT molecular complexity index is 1360. The van der Waals surface area contributed by atoms with Crippen molar-refractivity contribution in [2.75, 3.05) is 18.0 Å². The van der Waals surface area contributed by atoms with Crippen molar-refractivity contribution < 1.29 is 4.79 Å². The molecule has 2 aromatic carbocycles. The van der Waals surface area contributed by atoms with Crippen LogP contribution in [0.2, 0.25) is 5.02 Å². The Morgan fingerprint density at radius 3 is 2.61 bits per heavy atom. The molecule has 4 unspecified atom stereocenters. The van der Waals surface area contributed by atoms with E-state index in [1.807, 2.05) is 12.1 Å². The lowest BCUT2D eigenvalue weighted by Crippen LogP contribution is -2.42. The number of carbonyl (C=O) groups excluding carboxylic acids is 1. The molecule has 4 atom stereocenters. The van der Waals surface area contributed by atoms with Crippen molar-refractivity contribution in [1.29, 1.82) is 0 Å². The van der Waals surface area contributed by atoms with Crippen LogP contribution in [0.25, 0.3) is 0 Å². The van der Waals surface area contributed by atoms with Crippen LogP contribution in [0.5, 0.6) is 0 Å². The fraction of sp³-hybridized carbons (Fsp3) is 0.524. The Labute approximate surface area is 284 Å². The van der Waals surface area contributed by atoms with Gasteiger partial charge in [-0.2, -0.15) is 0 Å². The molecule has 0 bridgehead atoms. The zero-order valence-electron chi connectivity index (χ0n) is 28.7. The highest BCUT2D eigenvalue weighted by molar-refractivity contribution is 6.30. The van der Waals surface area contributed by atoms with Crippen LogP contribution in [-0.4, -0.2) is 25.6 Å². The van der Waals surface area contributed by atoms with E-state index < -0.39 is 0 Å². The van der Waals surface area contributed by atoms with Crippen LogP contribution in [0.4, 0.5) is 5.69 Å². The van der Waals surface area contributed by atoms with Crippen LogP contribution in [0.15, 0.2) is 78.0 Å². The normalized spacial score (nSPS) is 20.6. The predicted octanol–water partition coefficient (Wildman–Crippen LogP) is 11.8. The monoisotopic (exact) mass is 640 g/mol. The molecular formula is C42H57ClN2O. The molecule has 1 saturated carbocycles. The molecule has 0 saturated heterocycles. The molecule has 1 aliphatic heterocycles. The van der Waals surface area contributed by atoms with E-state index in [0.717, 1.165) is 55.8 Å². The number of ketones is 1. The molecule has 2 aliphatic rings. The van der Waals surface area contributed by atoms with Gasteiger partial charge < -0.3 is 4.90 Å². The average Bonchev–Trinajstić information content (AvgIpc) is 3.21. The number of rotatable bonds is 18. The van der Waals surface area contributed by atoms with E-state index in [1.54, 1.807) is 13.1 Å². The van der Waals surface area contributed by atoms with E-state index in [2.05, 4.69) is 85.1 Å². The van der Waals surface area contributed by atoms with Crippen molar-refractivity contribution in [3.05, 3.63) is 100 Å². The molecule has 0 spiro atoms. The highest BCUT2D eigenvalue weighted by atomic mass is 35.5. The average molecular weight is 641 g/mol. The Morgan fingerprint density at radius 2 is 1.87 bits per heavy atom. The second-order valence-corrected chi connectivity index (χ2v) is 14.0. The quantitative estimate of drug-likeness (QED) is 0.0534. The van der Waals surface area contributed by atoms with Gasteiger partial charge in [0.05, 0.1) is 0 Å². The number of unbranched alkanes of at least 4 members (excludes halogenated alkanes) is 4. The minimum Gasteiger partial charge on any atom is -0.370 e. The SMILES string of the molecule is C=N/C=C\C=C/CCCC(/C=C/CCCCC)C1CCC1CN1CC(c2ccc(Cl)cc2CCC)CCc2ccc(C(C)=O)cc21.